The maximum absolute atomic E-state index is 14.7. The number of para-hydroxylation sites is 2. The first-order chi connectivity index (χ1) is 18.2. The van der Waals surface area contributed by atoms with Gasteiger partial charge in [0.25, 0.3) is 0 Å². The standard InChI is InChI=1S/C32H18FN3O/c33-31-23(19-34)17-26(18-24(31)20-35)36(25-15-13-22(14-16-25)21-7-2-1-3-8-21)29-11-6-10-28-27-9-4-5-12-30(27)37-32(28)29/h1-18H. The molecule has 37 heavy (non-hydrogen) atoms. The molecule has 0 radical (unpaired) electrons. The fraction of sp³-hybridized carbons (Fsp3) is 0. The Morgan fingerprint density at radius 1 is 0.622 bits per heavy atom. The van der Waals surface area contributed by atoms with Gasteiger partial charge < -0.3 is 9.32 Å². The molecule has 0 fully saturated rings. The highest BCUT2D eigenvalue weighted by atomic mass is 19.1. The predicted octanol–water partition coefficient (Wildman–Crippen LogP) is 8.61. The maximum atomic E-state index is 14.7. The van der Waals surface area contributed by atoms with Crippen molar-refractivity contribution in [3.8, 4) is 23.3 Å². The Bertz CT molecular complexity index is 1820. The first-order valence-corrected chi connectivity index (χ1v) is 11.7. The number of benzene rings is 5. The number of nitriles is 2. The van der Waals surface area contributed by atoms with Gasteiger partial charge in [0.1, 0.15) is 17.7 Å². The number of anilines is 3. The average molecular weight is 480 g/mol. The molecular weight excluding hydrogens is 461 g/mol. The quantitative estimate of drug-likeness (QED) is 0.254. The van der Waals surface area contributed by atoms with Gasteiger partial charge in [0, 0.05) is 22.1 Å². The molecule has 0 amide bonds. The molecule has 6 aromatic rings. The first-order valence-electron chi connectivity index (χ1n) is 11.7. The molecule has 1 heterocycles. The summed E-state index contributed by atoms with van der Waals surface area (Å²) < 4.78 is 21.0. The van der Waals surface area contributed by atoms with E-state index in [1.165, 1.54) is 12.1 Å². The van der Waals surface area contributed by atoms with Crippen LogP contribution < -0.4 is 4.90 Å². The van der Waals surface area contributed by atoms with Gasteiger partial charge in [-0.15, -0.1) is 0 Å². The van der Waals surface area contributed by atoms with Gasteiger partial charge in [0.2, 0.25) is 0 Å². The monoisotopic (exact) mass is 479 g/mol. The summed E-state index contributed by atoms with van der Waals surface area (Å²) in [7, 11) is 0. The van der Waals surface area contributed by atoms with E-state index in [0.717, 1.165) is 33.2 Å². The lowest BCUT2D eigenvalue weighted by molar-refractivity contribution is 0.620. The van der Waals surface area contributed by atoms with E-state index < -0.39 is 5.82 Å². The van der Waals surface area contributed by atoms with Crippen molar-refractivity contribution in [1.82, 2.24) is 0 Å². The molecule has 1 aromatic heterocycles. The zero-order chi connectivity index (χ0) is 25.4. The topological polar surface area (TPSA) is 64.0 Å². The fourth-order valence-electron chi connectivity index (χ4n) is 4.67. The third-order valence-corrected chi connectivity index (χ3v) is 6.41. The minimum Gasteiger partial charge on any atom is -0.454 e. The minimum atomic E-state index is -0.824. The van der Waals surface area contributed by atoms with E-state index in [2.05, 4.69) is 0 Å². The van der Waals surface area contributed by atoms with Crippen LogP contribution >= 0.6 is 0 Å². The van der Waals surface area contributed by atoms with Gasteiger partial charge >= 0.3 is 0 Å². The van der Waals surface area contributed by atoms with Gasteiger partial charge in [-0.3, -0.25) is 0 Å². The number of furan rings is 1. The van der Waals surface area contributed by atoms with Crippen LogP contribution in [0.4, 0.5) is 21.5 Å². The average Bonchev–Trinajstić information content (AvgIpc) is 3.34. The highest BCUT2D eigenvalue weighted by molar-refractivity contribution is 6.10. The lowest BCUT2D eigenvalue weighted by atomic mass is 10.0. The van der Waals surface area contributed by atoms with Crippen LogP contribution in [0.15, 0.2) is 114 Å². The van der Waals surface area contributed by atoms with Crippen LogP contribution in [0.25, 0.3) is 33.1 Å². The molecule has 0 aliphatic rings. The van der Waals surface area contributed by atoms with Gasteiger partial charge in [0.15, 0.2) is 11.4 Å². The van der Waals surface area contributed by atoms with Crippen LogP contribution in [0, 0.1) is 28.5 Å². The number of rotatable bonds is 4. The Morgan fingerprint density at radius 3 is 1.95 bits per heavy atom. The molecule has 0 saturated carbocycles. The van der Waals surface area contributed by atoms with Crippen LogP contribution in [-0.4, -0.2) is 0 Å². The third-order valence-electron chi connectivity index (χ3n) is 6.41. The molecule has 4 nitrogen and oxygen atoms in total. The highest BCUT2D eigenvalue weighted by Gasteiger charge is 2.22. The molecule has 0 spiro atoms. The summed E-state index contributed by atoms with van der Waals surface area (Å²) in [5.74, 6) is -0.824. The second kappa shape index (κ2) is 9.00. The largest absolute Gasteiger partial charge is 0.454 e. The molecule has 5 heteroatoms. The van der Waals surface area contributed by atoms with Gasteiger partial charge in [-0.25, -0.2) is 4.39 Å². The molecule has 174 valence electrons. The van der Waals surface area contributed by atoms with E-state index in [9.17, 15) is 14.9 Å². The molecular formula is C32H18FN3O. The fourth-order valence-corrected chi connectivity index (χ4v) is 4.67. The SMILES string of the molecule is N#Cc1cc(N(c2ccc(-c3ccccc3)cc2)c2cccc3c2oc2ccccc23)cc(C#N)c1F. The molecule has 0 aliphatic carbocycles. The van der Waals surface area contributed by atoms with Gasteiger partial charge in [-0.2, -0.15) is 10.5 Å². The molecule has 0 N–H and O–H groups in total. The Morgan fingerprint density at radius 2 is 1.24 bits per heavy atom. The minimum absolute atomic E-state index is 0.197. The van der Waals surface area contributed by atoms with Crippen LogP contribution in [-0.2, 0) is 0 Å². The Kier molecular flexibility index (Phi) is 5.37. The van der Waals surface area contributed by atoms with E-state index in [4.69, 9.17) is 4.42 Å². The maximum Gasteiger partial charge on any atom is 0.159 e. The number of hydrogen-bond acceptors (Lipinski definition) is 4. The van der Waals surface area contributed by atoms with Crippen molar-refractivity contribution in [2.24, 2.45) is 0 Å². The molecule has 0 unspecified atom stereocenters. The van der Waals surface area contributed by atoms with E-state index in [1.54, 1.807) is 0 Å². The van der Waals surface area contributed by atoms with Gasteiger partial charge in [-0.1, -0.05) is 72.8 Å². The number of fused-ring (bicyclic) bond motifs is 3. The smallest absolute Gasteiger partial charge is 0.159 e. The van der Waals surface area contributed by atoms with Crippen molar-refractivity contribution < 1.29 is 8.81 Å². The zero-order valence-electron chi connectivity index (χ0n) is 19.5. The van der Waals surface area contributed by atoms with Crippen LogP contribution in [0.2, 0.25) is 0 Å². The van der Waals surface area contributed by atoms with Crippen molar-refractivity contribution in [2.45, 2.75) is 0 Å². The van der Waals surface area contributed by atoms with Gasteiger partial charge in [0.05, 0.1) is 16.8 Å². The van der Waals surface area contributed by atoms with Crippen LogP contribution in [0.5, 0.6) is 0 Å². The second-order valence-electron chi connectivity index (χ2n) is 8.58. The molecule has 0 aliphatic heterocycles. The molecule has 0 atom stereocenters. The molecule has 0 bridgehead atoms. The molecule has 0 saturated heterocycles. The van der Waals surface area contributed by atoms with E-state index >= 15 is 0 Å². The lowest BCUT2D eigenvalue weighted by Crippen LogP contribution is -2.11. The summed E-state index contributed by atoms with van der Waals surface area (Å²) in [6, 6.07) is 38.3. The van der Waals surface area contributed by atoms with Crippen molar-refractivity contribution >= 4 is 39.0 Å². The second-order valence-corrected chi connectivity index (χ2v) is 8.58. The number of nitrogens with zero attached hydrogens (tertiary/aromatic N) is 3. The van der Waals surface area contributed by atoms with E-state index in [-0.39, 0.29) is 11.1 Å². The van der Waals surface area contributed by atoms with Crippen molar-refractivity contribution in [1.29, 1.82) is 10.5 Å². The van der Waals surface area contributed by atoms with E-state index in [1.807, 2.05) is 114 Å². The third kappa shape index (κ3) is 3.76. The first kappa shape index (κ1) is 22.1. The summed E-state index contributed by atoms with van der Waals surface area (Å²) >= 11 is 0. The molecule has 5 aromatic carbocycles. The summed E-state index contributed by atoms with van der Waals surface area (Å²) in [6.07, 6.45) is 0. The van der Waals surface area contributed by atoms with E-state index in [0.29, 0.717) is 17.0 Å². The Balaban J connectivity index is 1.61. The Labute approximate surface area is 212 Å². The Hall–Kier alpha value is -5.39. The van der Waals surface area contributed by atoms with Crippen LogP contribution in [0.1, 0.15) is 11.1 Å². The van der Waals surface area contributed by atoms with Crippen LogP contribution in [0.3, 0.4) is 0 Å². The van der Waals surface area contributed by atoms with Gasteiger partial charge in [-0.05, 0) is 47.5 Å². The lowest BCUT2D eigenvalue weighted by Gasteiger charge is -2.26. The number of halogens is 1. The summed E-state index contributed by atoms with van der Waals surface area (Å²) in [6.45, 7) is 0. The summed E-state index contributed by atoms with van der Waals surface area (Å²) in [4.78, 5) is 1.89. The molecule has 6 rings (SSSR count). The summed E-state index contributed by atoms with van der Waals surface area (Å²) in [5, 5.41) is 21.1. The van der Waals surface area contributed by atoms with Crippen molar-refractivity contribution in [3.05, 3.63) is 126 Å². The summed E-state index contributed by atoms with van der Waals surface area (Å²) in [5.41, 5.74) is 5.09. The normalized spacial score (nSPS) is 10.8. The zero-order valence-corrected chi connectivity index (χ0v) is 19.5. The van der Waals surface area contributed by atoms with Crippen molar-refractivity contribution in [3.63, 3.8) is 0 Å². The van der Waals surface area contributed by atoms with Crippen molar-refractivity contribution in [2.75, 3.05) is 4.90 Å². The highest BCUT2D eigenvalue weighted by Crippen LogP contribution is 2.43. The predicted molar refractivity (Wildman–Crippen MR) is 143 cm³/mol. The number of hydrogen-bond donors (Lipinski definition) is 0.